The Labute approximate surface area is 170 Å². The van der Waals surface area contributed by atoms with Gasteiger partial charge in [0.15, 0.2) is 0 Å². The van der Waals surface area contributed by atoms with E-state index in [4.69, 9.17) is 20.8 Å². The standard InChI is InChI=1S/C23H24ClNO3/c1-5-27-21-12-22-19(15(3)16(4)28-22)11-18(21)14(2)10-23(26)25-13-17-8-6-7-9-20(17)24/h6-12H,5,13H2,1-4H3,(H,25,26)/b14-10+. The van der Waals surface area contributed by atoms with Gasteiger partial charge in [-0.15, -0.1) is 0 Å². The van der Waals surface area contributed by atoms with Crippen LogP contribution in [0.3, 0.4) is 0 Å². The first-order valence-corrected chi connectivity index (χ1v) is 9.65. The van der Waals surface area contributed by atoms with Crippen LogP contribution in [-0.2, 0) is 11.3 Å². The van der Waals surface area contributed by atoms with E-state index in [1.165, 1.54) is 0 Å². The van der Waals surface area contributed by atoms with Crippen molar-refractivity contribution in [2.45, 2.75) is 34.2 Å². The van der Waals surface area contributed by atoms with Crippen LogP contribution in [0.25, 0.3) is 16.5 Å². The van der Waals surface area contributed by atoms with Crippen LogP contribution in [0.4, 0.5) is 0 Å². The van der Waals surface area contributed by atoms with Gasteiger partial charge in [-0.1, -0.05) is 29.8 Å². The van der Waals surface area contributed by atoms with Gasteiger partial charge in [-0.2, -0.15) is 0 Å². The number of carbonyl (C=O) groups is 1. The highest BCUT2D eigenvalue weighted by molar-refractivity contribution is 6.31. The minimum atomic E-state index is -0.180. The van der Waals surface area contributed by atoms with Gasteiger partial charge >= 0.3 is 0 Å². The molecule has 0 spiro atoms. The van der Waals surface area contributed by atoms with Gasteiger partial charge in [0.25, 0.3) is 0 Å². The number of hydrogen-bond acceptors (Lipinski definition) is 3. The largest absolute Gasteiger partial charge is 0.493 e. The first-order chi connectivity index (χ1) is 13.4. The van der Waals surface area contributed by atoms with Gasteiger partial charge < -0.3 is 14.5 Å². The topological polar surface area (TPSA) is 51.5 Å². The summed E-state index contributed by atoms with van der Waals surface area (Å²) in [6, 6.07) is 11.4. The SMILES string of the molecule is CCOc1cc2oc(C)c(C)c2cc1/C(C)=C/C(=O)NCc1ccccc1Cl. The molecule has 4 nitrogen and oxygen atoms in total. The normalized spacial score (nSPS) is 11.7. The summed E-state index contributed by atoms with van der Waals surface area (Å²) in [7, 11) is 0. The van der Waals surface area contributed by atoms with Crippen LogP contribution in [0.2, 0.25) is 5.02 Å². The summed E-state index contributed by atoms with van der Waals surface area (Å²) in [5.74, 6) is 1.41. The monoisotopic (exact) mass is 397 g/mol. The molecule has 146 valence electrons. The molecule has 0 aliphatic rings. The maximum absolute atomic E-state index is 12.4. The van der Waals surface area contributed by atoms with E-state index in [0.29, 0.717) is 23.9 Å². The van der Waals surface area contributed by atoms with Crippen LogP contribution in [0.1, 0.15) is 36.3 Å². The fourth-order valence-electron chi connectivity index (χ4n) is 3.10. The minimum absolute atomic E-state index is 0.180. The lowest BCUT2D eigenvalue weighted by Crippen LogP contribution is -2.20. The van der Waals surface area contributed by atoms with Crippen molar-refractivity contribution in [1.82, 2.24) is 5.32 Å². The van der Waals surface area contributed by atoms with E-state index in [2.05, 4.69) is 5.32 Å². The van der Waals surface area contributed by atoms with Gasteiger partial charge in [-0.3, -0.25) is 4.79 Å². The number of ether oxygens (including phenoxy) is 1. The predicted molar refractivity (Wildman–Crippen MR) is 114 cm³/mol. The molecule has 0 atom stereocenters. The average Bonchev–Trinajstić information content (AvgIpc) is 2.94. The first-order valence-electron chi connectivity index (χ1n) is 9.27. The van der Waals surface area contributed by atoms with E-state index in [1.54, 1.807) is 6.08 Å². The van der Waals surface area contributed by atoms with Crippen LogP contribution in [0.5, 0.6) is 5.75 Å². The molecule has 0 bridgehead atoms. The molecule has 0 radical (unpaired) electrons. The third kappa shape index (κ3) is 4.23. The van der Waals surface area contributed by atoms with Crippen molar-refractivity contribution < 1.29 is 13.9 Å². The lowest BCUT2D eigenvalue weighted by molar-refractivity contribution is -0.116. The molecule has 0 unspecified atom stereocenters. The third-order valence-corrected chi connectivity index (χ3v) is 5.13. The van der Waals surface area contributed by atoms with E-state index in [0.717, 1.165) is 39.0 Å². The van der Waals surface area contributed by atoms with Crippen LogP contribution in [-0.4, -0.2) is 12.5 Å². The number of nitrogens with one attached hydrogen (secondary N) is 1. The molecule has 0 fully saturated rings. The van der Waals surface area contributed by atoms with Crippen molar-refractivity contribution in [3.63, 3.8) is 0 Å². The summed E-state index contributed by atoms with van der Waals surface area (Å²) < 4.78 is 11.6. The molecule has 0 saturated heterocycles. The molecule has 28 heavy (non-hydrogen) atoms. The summed E-state index contributed by atoms with van der Waals surface area (Å²) in [6.45, 7) is 8.71. The smallest absolute Gasteiger partial charge is 0.244 e. The van der Waals surface area contributed by atoms with Gasteiger partial charge in [-0.25, -0.2) is 0 Å². The predicted octanol–water partition coefficient (Wildman–Crippen LogP) is 5.82. The number of aryl methyl sites for hydroxylation is 2. The Balaban J connectivity index is 1.87. The summed E-state index contributed by atoms with van der Waals surface area (Å²) in [6.07, 6.45) is 1.59. The Morgan fingerprint density at radius 3 is 2.71 bits per heavy atom. The summed E-state index contributed by atoms with van der Waals surface area (Å²) in [4.78, 5) is 12.4. The Morgan fingerprint density at radius 1 is 1.25 bits per heavy atom. The molecule has 2 aromatic carbocycles. The highest BCUT2D eigenvalue weighted by atomic mass is 35.5. The van der Waals surface area contributed by atoms with Gasteiger partial charge in [0, 0.05) is 34.7 Å². The van der Waals surface area contributed by atoms with E-state index in [-0.39, 0.29) is 5.91 Å². The van der Waals surface area contributed by atoms with Crippen molar-refractivity contribution in [2.75, 3.05) is 6.61 Å². The number of furan rings is 1. The second-order valence-electron chi connectivity index (χ2n) is 6.70. The molecular formula is C23H24ClNO3. The molecule has 0 aliphatic heterocycles. The number of benzene rings is 2. The molecule has 3 rings (SSSR count). The van der Waals surface area contributed by atoms with Crippen LogP contribution in [0, 0.1) is 13.8 Å². The van der Waals surface area contributed by atoms with Gasteiger partial charge in [0.2, 0.25) is 5.91 Å². The van der Waals surface area contributed by atoms with Crippen molar-refractivity contribution in [1.29, 1.82) is 0 Å². The Morgan fingerprint density at radius 2 is 2.00 bits per heavy atom. The minimum Gasteiger partial charge on any atom is -0.493 e. The number of halogens is 1. The summed E-state index contributed by atoms with van der Waals surface area (Å²) in [5.41, 5.74) is 4.46. The fraction of sp³-hybridized carbons (Fsp3) is 0.261. The summed E-state index contributed by atoms with van der Waals surface area (Å²) in [5, 5.41) is 4.55. The molecule has 3 aromatic rings. The zero-order valence-electron chi connectivity index (χ0n) is 16.6. The number of fused-ring (bicyclic) bond motifs is 1. The van der Waals surface area contributed by atoms with Crippen molar-refractivity contribution in [2.24, 2.45) is 0 Å². The molecule has 0 aliphatic carbocycles. The fourth-order valence-corrected chi connectivity index (χ4v) is 3.30. The van der Waals surface area contributed by atoms with Crippen molar-refractivity contribution in [3.8, 4) is 5.75 Å². The molecule has 1 amide bonds. The number of allylic oxidation sites excluding steroid dienone is 1. The molecule has 0 saturated carbocycles. The second kappa shape index (κ2) is 8.53. The Hall–Kier alpha value is -2.72. The maximum Gasteiger partial charge on any atom is 0.244 e. The number of rotatable bonds is 6. The molecule has 5 heteroatoms. The Bertz CT molecular complexity index is 1050. The molecule has 1 aromatic heterocycles. The molecule has 1 heterocycles. The van der Waals surface area contributed by atoms with Gasteiger partial charge in [0.1, 0.15) is 17.1 Å². The highest BCUT2D eigenvalue weighted by Gasteiger charge is 2.14. The zero-order valence-corrected chi connectivity index (χ0v) is 17.3. The first kappa shape index (κ1) is 20.0. The number of amides is 1. The zero-order chi connectivity index (χ0) is 20.3. The number of hydrogen-bond donors (Lipinski definition) is 1. The third-order valence-electron chi connectivity index (χ3n) is 4.76. The number of carbonyl (C=O) groups excluding carboxylic acids is 1. The lowest BCUT2D eigenvalue weighted by atomic mass is 10.0. The molecule has 1 N–H and O–H groups in total. The quantitative estimate of drug-likeness (QED) is 0.533. The maximum atomic E-state index is 12.4. The Kier molecular flexibility index (Phi) is 6.10. The average molecular weight is 398 g/mol. The van der Waals surface area contributed by atoms with E-state index < -0.39 is 0 Å². The van der Waals surface area contributed by atoms with Crippen LogP contribution < -0.4 is 10.1 Å². The second-order valence-corrected chi connectivity index (χ2v) is 7.10. The van der Waals surface area contributed by atoms with E-state index in [1.807, 2.05) is 64.1 Å². The van der Waals surface area contributed by atoms with Crippen LogP contribution in [0.15, 0.2) is 46.9 Å². The van der Waals surface area contributed by atoms with Gasteiger partial charge in [-0.05, 0) is 56.5 Å². The van der Waals surface area contributed by atoms with E-state index >= 15 is 0 Å². The van der Waals surface area contributed by atoms with E-state index in [9.17, 15) is 4.79 Å². The molecular weight excluding hydrogens is 374 g/mol. The summed E-state index contributed by atoms with van der Waals surface area (Å²) >= 11 is 6.15. The van der Waals surface area contributed by atoms with Crippen LogP contribution >= 0.6 is 11.6 Å². The van der Waals surface area contributed by atoms with Crippen molar-refractivity contribution in [3.05, 3.63) is 69.9 Å². The van der Waals surface area contributed by atoms with Crippen molar-refractivity contribution >= 4 is 34.1 Å². The highest BCUT2D eigenvalue weighted by Crippen LogP contribution is 2.35. The lowest BCUT2D eigenvalue weighted by Gasteiger charge is -2.11. The van der Waals surface area contributed by atoms with Gasteiger partial charge in [0.05, 0.1) is 6.61 Å².